The van der Waals surface area contributed by atoms with Gasteiger partial charge in [0.05, 0.1) is 16.9 Å². The van der Waals surface area contributed by atoms with Crippen molar-refractivity contribution >= 4 is 37.7 Å². The van der Waals surface area contributed by atoms with E-state index in [1.807, 2.05) is 18.9 Å². The summed E-state index contributed by atoms with van der Waals surface area (Å²) in [6, 6.07) is 10.7. The SMILES string of the molecule is CCN(C)c1nc2c(s1)c(=O)n(-c1ccc3nn(C)cc3c1)c(=O)n2-c1ccc(OC(F)F)cc1. The van der Waals surface area contributed by atoms with Gasteiger partial charge in [0.15, 0.2) is 10.8 Å². The quantitative estimate of drug-likeness (QED) is 0.356. The maximum absolute atomic E-state index is 13.8. The number of alkyl halides is 2. The second kappa shape index (κ2) is 8.62. The molecule has 0 spiro atoms. The lowest BCUT2D eigenvalue weighted by molar-refractivity contribution is -0.0498. The van der Waals surface area contributed by atoms with Gasteiger partial charge in [-0.2, -0.15) is 13.9 Å². The van der Waals surface area contributed by atoms with Crippen molar-refractivity contribution in [3.8, 4) is 17.1 Å². The number of hydrogen-bond donors (Lipinski definition) is 0. The third kappa shape index (κ3) is 3.95. The first kappa shape index (κ1) is 22.7. The highest BCUT2D eigenvalue weighted by atomic mass is 32.1. The molecule has 3 aromatic heterocycles. The molecule has 0 saturated carbocycles. The Morgan fingerprint density at radius 2 is 1.80 bits per heavy atom. The molecule has 35 heavy (non-hydrogen) atoms. The van der Waals surface area contributed by atoms with Crippen LogP contribution in [0.5, 0.6) is 5.75 Å². The molecule has 0 aliphatic heterocycles. The van der Waals surface area contributed by atoms with E-state index in [0.29, 0.717) is 27.8 Å². The second-order valence-electron chi connectivity index (χ2n) is 7.84. The van der Waals surface area contributed by atoms with E-state index in [-0.39, 0.29) is 11.4 Å². The van der Waals surface area contributed by atoms with E-state index in [2.05, 4.69) is 14.8 Å². The number of anilines is 1. The molecule has 0 N–H and O–H groups in total. The third-order valence-electron chi connectivity index (χ3n) is 5.57. The number of fused-ring (bicyclic) bond motifs is 2. The lowest BCUT2D eigenvalue weighted by Crippen LogP contribution is -2.38. The first-order chi connectivity index (χ1) is 16.8. The van der Waals surface area contributed by atoms with Gasteiger partial charge < -0.3 is 9.64 Å². The van der Waals surface area contributed by atoms with Crippen molar-refractivity contribution in [2.75, 3.05) is 18.5 Å². The molecule has 0 aliphatic carbocycles. The van der Waals surface area contributed by atoms with E-state index >= 15 is 0 Å². The van der Waals surface area contributed by atoms with E-state index in [1.54, 1.807) is 36.1 Å². The summed E-state index contributed by atoms with van der Waals surface area (Å²) >= 11 is 1.18. The van der Waals surface area contributed by atoms with Crippen molar-refractivity contribution in [2.45, 2.75) is 13.5 Å². The van der Waals surface area contributed by atoms with Crippen LogP contribution in [0.3, 0.4) is 0 Å². The first-order valence-electron chi connectivity index (χ1n) is 10.7. The Bertz CT molecular complexity index is 1670. The standard InChI is InChI=1S/C23H20F2N6O3S/c1-4-28(2)22-26-19-18(35-22)20(32)31(15-7-10-17-13(11-15)12-29(3)27-17)23(33)30(19)14-5-8-16(9-6-14)34-21(24)25/h5-12,21H,4H2,1-3H3. The van der Waals surface area contributed by atoms with E-state index < -0.39 is 17.9 Å². The molecule has 12 heteroatoms. The molecular weight excluding hydrogens is 478 g/mol. The van der Waals surface area contributed by atoms with Gasteiger partial charge in [-0.25, -0.2) is 18.9 Å². The molecule has 9 nitrogen and oxygen atoms in total. The molecule has 0 aliphatic rings. The number of benzene rings is 2. The number of aryl methyl sites for hydroxylation is 1. The summed E-state index contributed by atoms with van der Waals surface area (Å²) in [5, 5.41) is 5.68. The van der Waals surface area contributed by atoms with Crippen LogP contribution >= 0.6 is 11.3 Å². The number of ether oxygens (including phenoxy) is 1. The van der Waals surface area contributed by atoms with Crippen molar-refractivity contribution in [1.29, 1.82) is 0 Å². The van der Waals surface area contributed by atoms with Gasteiger partial charge in [0, 0.05) is 32.2 Å². The zero-order chi connectivity index (χ0) is 24.9. The van der Waals surface area contributed by atoms with E-state index in [9.17, 15) is 18.4 Å². The van der Waals surface area contributed by atoms with Crippen LogP contribution in [0.4, 0.5) is 13.9 Å². The summed E-state index contributed by atoms with van der Waals surface area (Å²) < 4.78 is 33.9. The van der Waals surface area contributed by atoms with Gasteiger partial charge in [-0.1, -0.05) is 11.3 Å². The van der Waals surface area contributed by atoms with Crippen LogP contribution in [-0.4, -0.2) is 44.1 Å². The number of halogens is 2. The molecule has 0 unspecified atom stereocenters. The fraction of sp³-hybridized carbons (Fsp3) is 0.217. The van der Waals surface area contributed by atoms with Crippen LogP contribution in [0.1, 0.15) is 6.92 Å². The van der Waals surface area contributed by atoms with Crippen LogP contribution in [0.2, 0.25) is 0 Å². The zero-order valence-electron chi connectivity index (χ0n) is 19.0. The van der Waals surface area contributed by atoms with Crippen LogP contribution in [0, 0.1) is 0 Å². The zero-order valence-corrected chi connectivity index (χ0v) is 19.8. The number of rotatable bonds is 6. The number of thiazole rings is 1. The second-order valence-corrected chi connectivity index (χ2v) is 8.82. The minimum absolute atomic E-state index is 0.0481. The average molecular weight is 499 g/mol. The van der Waals surface area contributed by atoms with Gasteiger partial charge in [-0.15, -0.1) is 0 Å². The Hall–Kier alpha value is -4.06. The molecule has 0 bridgehead atoms. The molecular formula is C23H20F2N6O3S. The van der Waals surface area contributed by atoms with Gasteiger partial charge >= 0.3 is 12.3 Å². The van der Waals surface area contributed by atoms with Gasteiger partial charge in [0.25, 0.3) is 5.56 Å². The lowest BCUT2D eigenvalue weighted by atomic mass is 10.2. The lowest BCUT2D eigenvalue weighted by Gasteiger charge is -2.12. The molecule has 0 amide bonds. The highest BCUT2D eigenvalue weighted by Crippen LogP contribution is 2.27. The highest BCUT2D eigenvalue weighted by molar-refractivity contribution is 7.22. The molecule has 0 atom stereocenters. The predicted molar refractivity (Wildman–Crippen MR) is 131 cm³/mol. The van der Waals surface area contributed by atoms with Crippen molar-refractivity contribution in [3.63, 3.8) is 0 Å². The van der Waals surface area contributed by atoms with Crippen LogP contribution in [-0.2, 0) is 7.05 Å². The first-order valence-corrected chi connectivity index (χ1v) is 11.5. The predicted octanol–water partition coefficient (Wildman–Crippen LogP) is 3.54. The number of nitrogens with zero attached hydrogens (tertiary/aromatic N) is 6. The molecule has 0 saturated heterocycles. The minimum Gasteiger partial charge on any atom is -0.435 e. The molecule has 3 heterocycles. The van der Waals surface area contributed by atoms with Gasteiger partial charge in [0.2, 0.25) is 0 Å². The summed E-state index contributed by atoms with van der Waals surface area (Å²) in [4.78, 5) is 33.7. The average Bonchev–Trinajstić information content (AvgIpc) is 3.42. The van der Waals surface area contributed by atoms with Crippen LogP contribution in [0.15, 0.2) is 58.3 Å². The van der Waals surface area contributed by atoms with Crippen molar-refractivity contribution in [1.82, 2.24) is 23.9 Å². The summed E-state index contributed by atoms with van der Waals surface area (Å²) in [5.41, 5.74) is 0.535. The summed E-state index contributed by atoms with van der Waals surface area (Å²) in [7, 11) is 3.63. The Kier molecular flexibility index (Phi) is 5.59. The third-order valence-corrected chi connectivity index (χ3v) is 6.72. The fourth-order valence-corrected chi connectivity index (χ4v) is 4.79. The normalized spacial score (nSPS) is 11.6. The topological polar surface area (TPSA) is 87.2 Å². The van der Waals surface area contributed by atoms with Crippen molar-refractivity contribution < 1.29 is 13.5 Å². The molecule has 2 aromatic carbocycles. The maximum atomic E-state index is 13.8. The molecule has 5 aromatic rings. The Balaban J connectivity index is 1.79. The molecule has 0 radical (unpaired) electrons. The Labute approximate surface area is 201 Å². The summed E-state index contributed by atoms with van der Waals surface area (Å²) in [6.07, 6.45) is 1.80. The fourth-order valence-electron chi connectivity index (χ4n) is 3.78. The van der Waals surface area contributed by atoms with Crippen LogP contribution < -0.4 is 20.9 Å². The number of aromatic nitrogens is 5. The van der Waals surface area contributed by atoms with Gasteiger partial charge in [0.1, 0.15) is 10.4 Å². The Morgan fingerprint density at radius 3 is 2.49 bits per heavy atom. The highest BCUT2D eigenvalue weighted by Gasteiger charge is 2.21. The van der Waals surface area contributed by atoms with Crippen molar-refractivity contribution in [2.24, 2.45) is 7.05 Å². The largest absolute Gasteiger partial charge is 0.435 e. The maximum Gasteiger partial charge on any atom is 0.387 e. The number of hydrogen-bond acceptors (Lipinski definition) is 7. The molecule has 180 valence electrons. The van der Waals surface area contributed by atoms with Crippen LogP contribution in [0.25, 0.3) is 32.6 Å². The monoisotopic (exact) mass is 498 g/mol. The van der Waals surface area contributed by atoms with E-state index in [4.69, 9.17) is 0 Å². The molecule has 5 rings (SSSR count). The van der Waals surface area contributed by atoms with E-state index in [1.165, 1.54) is 40.2 Å². The molecule has 0 fully saturated rings. The minimum atomic E-state index is -2.97. The smallest absolute Gasteiger partial charge is 0.387 e. The Morgan fingerprint density at radius 1 is 1.09 bits per heavy atom. The van der Waals surface area contributed by atoms with Crippen molar-refractivity contribution in [3.05, 3.63) is 69.5 Å². The van der Waals surface area contributed by atoms with E-state index in [0.717, 1.165) is 15.5 Å². The summed E-state index contributed by atoms with van der Waals surface area (Å²) in [6.45, 7) is -0.372. The van der Waals surface area contributed by atoms with Gasteiger partial charge in [-0.3, -0.25) is 9.48 Å². The summed E-state index contributed by atoms with van der Waals surface area (Å²) in [5.74, 6) is -0.0481. The van der Waals surface area contributed by atoms with Gasteiger partial charge in [-0.05, 0) is 49.4 Å².